The summed E-state index contributed by atoms with van der Waals surface area (Å²) in [5, 5.41) is 3.10. The predicted molar refractivity (Wildman–Crippen MR) is 98.0 cm³/mol. The van der Waals surface area contributed by atoms with Crippen LogP contribution in [0.1, 0.15) is 60.3 Å². The molecule has 0 aromatic rings. The summed E-state index contributed by atoms with van der Waals surface area (Å²) in [6.07, 6.45) is 3.81. The van der Waals surface area contributed by atoms with Gasteiger partial charge in [-0.05, 0) is 42.4 Å². The number of fused-ring (bicyclic) bond motifs is 2. The molecule has 6 nitrogen and oxygen atoms in total. The van der Waals surface area contributed by atoms with Gasteiger partial charge in [0.15, 0.2) is 0 Å². The first kappa shape index (κ1) is 19.1. The van der Waals surface area contributed by atoms with Gasteiger partial charge in [0.05, 0.1) is 0 Å². The summed E-state index contributed by atoms with van der Waals surface area (Å²) >= 11 is 0. The second kappa shape index (κ2) is 6.20. The zero-order chi connectivity index (χ0) is 18.6. The van der Waals surface area contributed by atoms with Crippen molar-refractivity contribution in [2.45, 2.75) is 72.4 Å². The molecule has 4 aliphatic rings. The normalized spacial score (nSPS) is 35.3. The van der Waals surface area contributed by atoms with Crippen LogP contribution in [-0.4, -0.2) is 43.8 Å². The molecule has 3 aliphatic heterocycles. The molecule has 2 N–H and O–H groups in total. The van der Waals surface area contributed by atoms with Crippen LogP contribution in [0.15, 0.2) is 0 Å². The second-order valence-electron chi connectivity index (χ2n) is 10.3. The number of nitrogens with one attached hydrogen (secondary N) is 2. The molecule has 25 heavy (non-hydrogen) atoms. The Balaban J connectivity index is 1.60. The molecular formula is C18H33N3O3S. The van der Waals surface area contributed by atoms with Crippen LogP contribution in [0.2, 0.25) is 0 Å². The monoisotopic (exact) mass is 371 g/mol. The van der Waals surface area contributed by atoms with Gasteiger partial charge in [-0.15, -0.1) is 0 Å². The lowest BCUT2D eigenvalue weighted by Crippen LogP contribution is -2.58. The molecule has 0 radical (unpaired) electrons. The minimum absolute atomic E-state index is 0.0693. The lowest BCUT2D eigenvalue weighted by atomic mass is 9.63. The van der Waals surface area contributed by atoms with Crippen molar-refractivity contribution in [3.8, 4) is 0 Å². The van der Waals surface area contributed by atoms with Crippen LogP contribution < -0.4 is 10.0 Å². The molecule has 4 rings (SSSR count). The van der Waals surface area contributed by atoms with Gasteiger partial charge in [0.25, 0.3) is 10.2 Å². The van der Waals surface area contributed by atoms with Crippen molar-refractivity contribution in [2.75, 3.05) is 13.1 Å². The quantitative estimate of drug-likeness (QED) is 0.774. The van der Waals surface area contributed by atoms with Crippen LogP contribution >= 0.6 is 0 Å². The van der Waals surface area contributed by atoms with Gasteiger partial charge < -0.3 is 5.32 Å². The number of nitrogens with zero attached hydrogens (tertiary/aromatic N) is 1. The number of amides is 1. The minimum atomic E-state index is -3.38. The molecule has 144 valence electrons. The number of piperidine rings is 2. The third-order valence-corrected chi connectivity index (χ3v) is 7.32. The first-order chi connectivity index (χ1) is 11.3. The predicted octanol–water partition coefficient (Wildman–Crippen LogP) is 1.88. The Hall–Kier alpha value is -0.660. The van der Waals surface area contributed by atoms with Crippen molar-refractivity contribution in [1.82, 2.24) is 14.3 Å². The van der Waals surface area contributed by atoms with Crippen molar-refractivity contribution in [2.24, 2.45) is 22.7 Å². The summed E-state index contributed by atoms with van der Waals surface area (Å²) in [5.74, 6) is 0.807. The average Bonchev–Trinajstić information content (AvgIpc) is 2.61. The topological polar surface area (TPSA) is 78.5 Å². The van der Waals surface area contributed by atoms with Crippen LogP contribution in [0.25, 0.3) is 0 Å². The van der Waals surface area contributed by atoms with Crippen LogP contribution in [0.4, 0.5) is 0 Å². The molecule has 2 atom stereocenters. The molecule has 4 fully saturated rings. The van der Waals surface area contributed by atoms with E-state index < -0.39 is 10.2 Å². The van der Waals surface area contributed by atoms with E-state index in [1.54, 1.807) is 4.31 Å². The fraction of sp³-hybridized carbons (Fsp3) is 0.944. The molecule has 1 aliphatic carbocycles. The molecular weight excluding hydrogens is 338 g/mol. The summed E-state index contributed by atoms with van der Waals surface area (Å²) in [6, 6.07) is 0.326. The van der Waals surface area contributed by atoms with E-state index in [9.17, 15) is 13.2 Å². The van der Waals surface area contributed by atoms with Crippen molar-refractivity contribution >= 4 is 16.1 Å². The van der Waals surface area contributed by atoms with Gasteiger partial charge in [-0.25, -0.2) is 0 Å². The lowest BCUT2D eigenvalue weighted by molar-refractivity contribution is -0.137. The third kappa shape index (κ3) is 4.37. The number of carbonyl (C=O) groups excluding carboxylic acids is 1. The smallest absolute Gasteiger partial charge is 0.279 e. The van der Waals surface area contributed by atoms with E-state index in [0.29, 0.717) is 25.0 Å². The Labute approximate surface area is 152 Å². The second-order valence-corrected chi connectivity index (χ2v) is 12.0. The number of rotatable bonds is 5. The van der Waals surface area contributed by atoms with E-state index in [1.807, 2.05) is 20.8 Å². The Morgan fingerprint density at radius 2 is 1.76 bits per heavy atom. The average molecular weight is 372 g/mol. The molecule has 2 bridgehead atoms. The highest BCUT2D eigenvalue weighted by molar-refractivity contribution is 7.87. The van der Waals surface area contributed by atoms with Gasteiger partial charge >= 0.3 is 0 Å². The van der Waals surface area contributed by atoms with Crippen molar-refractivity contribution in [3.05, 3.63) is 0 Å². The van der Waals surface area contributed by atoms with E-state index in [-0.39, 0.29) is 28.7 Å². The molecule has 7 heteroatoms. The van der Waals surface area contributed by atoms with Gasteiger partial charge in [-0.2, -0.15) is 17.4 Å². The SMILES string of the molecule is CC(C)(C)CN1CC(CC(C)(C)CC2C(=O)NC3CC2C3)NS1(=O)=O. The van der Waals surface area contributed by atoms with Gasteiger partial charge in [0.1, 0.15) is 0 Å². The van der Waals surface area contributed by atoms with Gasteiger partial charge in [0, 0.05) is 31.1 Å². The largest absolute Gasteiger partial charge is 0.353 e. The maximum absolute atomic E-state index is 12.4. The fourth-order valence-electron chi connectivity index (χ4n) is 4.69. The molecule has 1 amide bonds. The van der Waals surface area contributed by atoms with Crippen molar-refractivity contribution < 1.29 is 13.2 Å². The minimum Gasteiger partial charge on any atom is -0.353 e. The van der Waals surface area contributed by atoms with Crippen molar-refractivity contribution in [3.63, 3.8) is 0 Å². The summed E-state index contributed by atoms with van der Waals surface area (Å²) in [5.41, 5.74) is -0.143. The highest BCUT2D eigenvalue weighted by atomic mass is 32.2. The maximum atomic E-state index is 12.4. The van der Waals surface area contributed by atoms with Crippen molar-refractivity contribution in [1.29, 1.82) is 0 Å². The third-order valence-electron chi connectivity index (χ3n) is 5.73. The summed E-state index contributed by atoms with van der Waals surface area (Å²) in [7, 11) is -3.38. The molecule has 3 heterocycles. The Morgan fingerprint density at radius 1 is 1.12 bits per heavy atom. The number of hydrogen-bond acceptors (Lipinski definition) is 3. The Kier molecular flexibility index (Phi) is 4.74. The summed E-state index contributed by atoms with van der Waals surface area (Å²) < 4.78 is 29.2. The van der Waals surface area contributed by atoms with Gasteiger partial charge in [0.2, 0.25) is 5.91 Å². The highest BCUT2D eigenvalue weighted by Crippen LogP contribution is 2.45. The summed E-state index contributed by atoms with van der Waals surface area (Å²) in [4.78, 5) is 12.2. The first-order valence-electron chi connectivity index (χ1n) is 9.42. The molecule has 3 saturated heterocycles. The van der Waals surface area contributed by atoms with E-state index >= 15 is 0 Å². The Bertz CT molecular complexity index is 632. The molecule has 2 unspecified atom stereocenters. The van der Waals surface area contributed by atoms with Crippen LogP contribution in [-0.2, 0) is 15.0 Å². The summed E-state index contributed by atoms with van der Waals surface area (Å²) in [6.45, 7) is 11.5. The molecule has 0 aromatic carbocycles. The van der Waals surface area contributed by atoms with Crippen LogP contribution in [0, 0.1) is 22.7 Å². The number of hydrogen-bond donors (Lipinski definition) is 2. The van der Waals surface area contributed by atoms with E-state index in [0.717, 1.165) is 25.7 Å². The molecule has 1 saturated carbocycles. The molecule has 0 aromatic heterocycles. The van der Waals surface area contributed by atoms with E-state index in [4.69, 9.17) is 0 Å². The number of carbonyl (C=O) groups is 1. The maximum Gasteiger partial charge on any atom is 0.279 e. The van der Waals surface area contributed by atoms with Crippen LogP contribution in [0.5, 0.6) is 0 Å². The van der Waals surface area contributed by atoms with E-state index in [1.165, 1.54) is 0 Å². The first-order valence-corrected chi connectivity index (χ1v) is 10.9. The lowest BCUT2D eigenvalue weighted by Gasteiger charge is -2.48. The van der Waals surface area contributed by atoms with Crippen LogP contribution in [0.3, 0.4) is 0 Å². The van der Waals surface area contributed by atoms with Gasteiger partial charge in [-0.1, -0.05) is 34.6 Å². The zero-order valence-corrected chi connectivity index (χ0v) is 16.9. The zero-order valence-electron chi connectivity index (χ0n) is 16.1. The highest BCUT2D eigenvalue weighted by Gasteiger charge is 2.47. The Morgan fingerprint density at radius 3 is 2.32 bits per heavy atom. The fourth-order valence-corrected chi connectivity index (χ4v) is 6.35. The van der Waals surface area contributed by atoms with E-state index in [2.05, 4.69) is 23.9 Å². The van der Waals surface area contributed by atoms with Gasteiger partial charge in [-0.3, -0.25) is 4.79 Å². The molecule has 0 spiro atoms. The standard InChI is InChI=1S/C18H33N3O3S/c1-17(2,3)11-21-10-14(20-25(21,23)24)8-18(4,5)9-15-12-6-13(7-12)19-16(15)22/h12-15,20H,6-11H2,1-5H3,(H,19,22).